The summed E-state index contributed by atoms with van der Waals surface area (Å²) < 4.78 is 0. The van der Waals surface area contributed by atoms with Crippen LogP contribution in [-0.2, 0) is 0 Å². The summed E-state index contributed by atoms with van der Waals surface area (Å²) in [5, 5.41) is 0.687. The highest BCUT2D eigenvalue weighted by Crippen LogP contribution is 2.15. The molecule has 1 aromatic rings. The Bertz CT molecular complexity index is 199. The van der Waals surface area contributed by atoms with Crippen molar-refractivity contribution in [2.24, 2.45) is 0 Å². The van der Waals surface area contributed by atoms with Crippen molar-refractivity contribution >= 4 is 22.6 Å². The van der Waals surface area contributed by atoms with Crippen molar-refractivity contribution in [3.05, 3.63) is 17.0 Å². The Labute approximate surface area is 61.9 Å². The van der Waals surface area contributed by atoms with E-state index in [0.29, 0.717) is 9.88 Å². The van der Waals surface area contributed by atoms with Gasteiger partial charge in [-0.2, -0.15) is 0 Å². The van der Waals surface area contributed by atoms with Crippen LogP contribution in [0.3, 0.4) is 0 Å². The summed E-state index contributed by atoms with van der Waals surface area (Å²) in [4.78, 5) is 10.7. The molecule has 0 unspecified atom stereocenters. The minimum Gasteiger partial charge on any atom is -0.412 e. The molecule has 0 aliphatic rings. The summed E-state index contributed by atoms with van der Waals surface area (Å²) in [6, 6.07) is 3.42. The zero-order chi connectivity index (χ0) is 5.98. The van der Waals surface area contributed by atoms with Crippen molar-refractivity contribution in [1.29, 1.82) is 0 Å². The van der Waals surface area contributed by atoms with E-state index in [1.54, 1.807) is 12.1 Å². The normalized spacial score (nSPS) is 7.20. The third kappa shape index (κ3) is 2.58. The molecule has 1 heterocycles. The molecule has 58 valence electrons. The second kappa shape index (κ2) is 4.92. The molecule has 10 heavy (non-hydrogen) atoms. The molecule has 0 radical (unpaired) electrons. The highest BCUT2D eigenvalue weighted by Gasteiger charge is 1.90. The maximum absolute atomic E-state index is 9.97. The van der Waals surface area contributed by atoms with Crippen LogP contribution in [0.15, 0.2) is 12.1 Å². The number of carbonyl (C=O) groups excluding carboxylic acids is 1. The van der Waals surface area contributed by atoms with Crippen LogP contribution in [0.5, 0.6) is 0 Å². The molecular formula is C5H9NO3S. The highest BCUT2D eigenvalue weighted by molar-refractivity contribution is 7.17. The molecule has 4 nitrogen and oxygen atoms in total. The lowest BCUT2D eigenvalue weighted by atomic mass is 10.5. The van der Waals surface area contributed by atoms with Crippen molar-refractivity contribution in [2.75, 3.05) is 5.73 Å². The van der Waals surface area contributed by atoms with E-state index in [2.05, 4.69) is 0 Å². The van der Waals surface area contributed by atoms with Crippen molar-refractivity contribution in [2.45, 2.75) is 0 Å². The van der Waals surface area contributed by atoms with Crippen LogP contribution in [0, 0.1) is 0 Å². The fourth-order valence-electron chi connectivity index (χ4n) is 0.432. The molecular weight excluding hydrogens is 154 g/mol. The van der Waals surface area contributed by atoms with Crippen molar-refractivity contribution in [3.8, 4) is 0 Å². The first-order valence-electron chi connectivity index (χ1n) is 2.13. The molecule has 6 N–H and O–H groups in total. The van der Waals surface area contributed by atoms with Crippen LogP contribution in [0.4, 0.5) is 5.00 Å². The Morgan fingerprint density at radius 2 is 2.00 bits per heavy atom. The van der Waals surface area contributed by atoms with E-state index in [9.17, 15) is 4.79 Å². The third-order valence-corrected chi connectivity index (χ3v) is 1.60. The van der Waals surface area contributed by atoms with Crippen LogP contribution in [0.25, 0.3) is 0 Å². The molecule has 0 spiro atoms. The van der Waals surface area contributed by atoms with Gasteiger partial charge in [-0.3, -0.25) is 4.79 Å². The number of nitrogen functional groups attached to an aromatic ring is 1. The maximum Gasteiger partial charge on any atom is 0.160 e. The highest BCUT2D eigenvalue weighted by atomic mass is 32.1. The van der Waals surface area contributed by atoms with Crippen LogP contribution < -0.4 is 5.73 Å². The van der Waals surface area contributed by atoms with Gasteiger partial charge in [0.05, 0.1) is 9.88 Å². The predicted molar refractivity (Wildman–Crippen MR) is 41.3 cm³/mol. The van der Waals surface area contributed by atoms with Crippen LogP contribution in [0.1, 0.15) is 9.67 Å². The summed E-state index contributed by atoms with van der Waals surface area (Å²) in [6.07, 6.45) is 0.793. The van der Waals surface area contributed by atoms with Gasteiger partial charge in [0, 0.05) is 0 Å². The average Bonchev–Trinajstić information content (AvgIpc) is 2.14. The Hall–Kier alpha value is -0.910. The van der Waals surface area contributed by atoms with E-state index >= 15 is 0 Å². The summed E-state index contributed by atoms with van der Waals surface area (Å²) in [6.45, 7) is 0. The largest absolute Gasteiger partial charge is 0.412 e. The molecule has 0 aliphatic carbocycles. The smallest absolute Gasteiger partial charge is 0.160 e. The van der Waals surface area contributed by atoms with E-state index in [-0.39, 0.29) is 11.0 Å². The number of nitrogens with two attached hydrogens (primary N) is 1. The molecule has 5 heteroatoms. The topological polar surface area (TPSA) is 106 Å². The second-order valence-electron chi connectivity index (χ2n) is 1.36. The second-order valence-corrected chi connectivity index (χ2v) is 2.50. The van der Waals surface area contributed by atoms with Crippen LogP contribution in [0.2, 0.25) is 0 Å². The molecule has 0 fully saturated rings. The first kappa shape index (κ1) is 11.8. The summed E-state index contributed by atoms with van der Waals surface area (Å²) in [7, 11) is 0. The maximum atomic E-state index is 9.97. The number of aldehydes is 1. The zero-order valence-electron chi connectivity index (χ0n) is 5.13. The number of carbonyl (C=O) groups is 1. The first-order valence-corrected chi connectivity index (χ1v) is 2.95. The van der Waals surface area contributed by atoms with Crippen LogP contribution >= 0.6 is 11.3 Å². The molecule has 1 rings (SSSR count). The van der Waals surface area contributed by atoms with Crippen molar-refractivity contribution < 1.29 is 15.7 Å². The van der Waals surface area contributed by atoms with Gasteiger partial charge < -0.3 is 16.7 Å². The Balaban J connectivity index is 0. The summed E-state index contributed by atoms with van der Waals surface area (Å²) in [5.74, 6) is 0. The summed E-state index contributed by atoms with van der Waals surface area (Å²) in [5.41, 5.74) is 5.31. The Morgan fingerprint density at radius 3 is 2.20 bits per heavy atom. The third-order valence-electron chi connectivity index (χ3n) is 0.764. The van der Waals surface area contributed by atoms with E-state index in [1.165, 1.54) is 11.3 Å². The van der Waals surface area contributed by atoms with Gasteiger partial charge in [-0.05, 0) is 12.1 Å². The van der Waals surface area contributed by atoms with Gasteiger partial charge >= 0.3 is 0 Å². The first-order chi connectivity index (χ1) is 3.83. The number of rotatable bonds is 1. The van der Waals surface area contributed by atoms with Gasteiger partial charge in [0.1, 0.15) is 0 Å². The van der Waals surface area contributed by atoms with Gasteiger partial charge in [-0.15, -0.1) is 11.3 Å². The number of hydrogen-bond donors (Lipinski definition) is 1. The van der Waals surface area contributed by atoms with E-state index in [1.807, 2.05) is 0 Å². The average molecular weight is 163 g/mol. The Kier molecular flexibility index (Phi) is 5.82. The monoisotopic (exact) mass is 163 g/mol. The van der Waals surface area contributed by atoms with Gasteiger partial charge in [0.25, 0.3) is 0 Å². The Morgan fingerprint density at radius 1 is 1.40 bits per heavy atom. The van der Waals surface area contributed by atoms with Gasteiger partial charge in [0.2, 0.25) is 0 Å². The summed E-state index contributed by atoms with van der Waals surface area (Å²) >= 11 is 1.30. The standard InChI is InChI=1S/C5H5NOS.2H2O/c6-5-2-1-4(3-7)8-5;;/h1-3H,6H2;2*1H2. The van der Waals surface area contributed by atoms with E-state index in [4.69, 9.17) is 5.73 Å². The van der Waals surface area contributed by atoms with Crippen LogP contribution in [-0.4, -0.2) is 17.2 Å². The van der Waals surface area contributed by atoms with Crippen molar-refractivity contribution in [1.82, 2.24) is 0 Å². The molecule has 0 saturated heterocycles. The lowest BCUT2D eigenvalue weighted by Crippen LogP contribution is -1.72. The molecule has 0 aliphatic heterocycles. The fraction of sp³-hybridized carbons (Fsp3) is 0. The number of anilines is 1. The fourth-order valence-corrected chi connectivity index (χ4v) is 1.02. The predicted octanol–water partition coefficient (Wildman–Crippen LogP) is -0.507. The molecule has 0 aromatic carbocycles. The molecule has 0 saturated carbocycles. The lowest BCUT2D eigenvalue weighted by Gasteiger charge is -1.72. The van der Waals surface area contributed by atoms with Gasteiger partial charge in [-0.25, -0.2) is 0 Å². The molecule has 0 bridgehead atoms. The molecule has 1 aromatic heterocycles. The number of thiophene rings is 1. The van der Waals surface area contributed by atoms with Crippen molar-refractivity contribution in [3.63, 3.8) is 0 Å². The molecule has 0 amide bonds. The minimum absolute atomic E-state index is 0. The lowest BCUT2D eigenvalue weighted by molar-refractivity contribution is 0.112. The van der Waals surface area contributed by atoms with E-state index in [0.717, 1.165) is 6.29 Å². The SMILES string of the molecule is Nc1ccc(C=O)s1.O.O. The van der Waals surface area contributed by atoms with Gasteiger partial charge in [-0.1, -0.05) is 0 Å². The quantitative estimate of drug-likeness (QED) is 0.563. The molecule has 0 atom stereocenters. The van der Waals surface area contributed by atoms with E-state index < -0.39 is 0 Å². The minimum atomic E-state index is 0. The number of hydrogen-bond acceptors (Lipinski definition) is 3. The zero-order valence-corrected chi connectivity index (χ0v) is 5.94. The van der Waals surface area contributed by atoms with Gasteiger partial charge in [0.15, 0.2) is 6.29 Å².